The number of rotatable bonds is 5. The minimum absolute atomic E-state index is 0.281. The van der Waals surface area contributed by atoms with Crippen LogP contribution in [0.3, 0.4) is 0 Å². The van der Waals surface area contributed by atoms with E-state index in [-0.39, 0.29) is 5.82 Å². The molecule has 0 aliphatic carbocycles. The highest BCUT2D eigenvalue weighted by molar-refractivity contribution is 7.89. The molecule has 0 bridgehead atoms. The molecule has 1 aromatic carbocycles. The van der Waals surface area contributed by atoms with Gasteiger partial charge in [-0.25, -0.2) is 22.8 Å². The van der Waals surface area contributed by atoms with Crippen LogP contribution in [0.4, 0.5) is 10.2 Å². The number of hydrogen-bond acceptors (Lipinski definition) is 5. The SMILES string of the molecule is CC(C)S(=O)(=O)N1CCN(c2ccc(-c3nc(-c4ccc(F)cc4)c[nH]3)cn2)CC1. The largest absolute Gasteiger partial charge is 0.354 e. The zero-order valence-corrected chi connectivity index (χ0v) is 17.7. The van der Waals surface area contributed by atoms with Gasteiger partial charge in [0, 0.05) is 49.7 Å². The van der Waals surface area contributed by atoms with Crippen molar-refractivity contribution < 1.29 is 12.8 Å². The number of nitrogens with one attached hydrogen (secondary N) is 1. The summed E-state index contributed by atoms with van der Waals surface area (Å²) in [5, 5.41) is -0.408. The van der Waals surface area contributed by atoms with Crippen molar-refractivity contribution in [2.45, 2.75) is 19.1 Å². The van der Waals surface area contributed by atoms with Gasteiger partial charge in [-0.2, -0.15) is 4.31 Å². The van der Waals surface area contributed by atoms with E-state index in [0.717, 1.165) is 22.6 Å². The van der Waals surface area contributed by atoms with E-state index < -0.39 is 15.3 Å². The van der Waals surface area contributed by atoms with Crippen LogP contribution in [0.25, 0.3) is 22.6 Å². The number of H-pyrrole nitrogens is 1. The van der Waals surface area contributed by atoms with E-state index >= 15 is 0 Å². The molecule has 3 heterocycles. The summed E-state index contributed by atoms with van der Waals surface area (Å²) in [6.45, 7) is 5.55. The molecule has 1 fully saturated rings. The highest BCUT2D eigenvalue weighted by atomic mass is 32.2. The normalized spacial score (nSPS) is 15.7. The maximum absolute atomic E-state index is 13.1. The van der Waals surface area contributed by atoms with Crippen LogP contribution < -0.4 is 4.90 Å². The molecule has 4 rings (SSSR count). The molecule has 9 heteroatoms. The first-order valence-electron chi connectivity index (χ1n) is 9.86. The Kier molecular flexibility index (Phi) is 5.57. The van der Waals surface area contributed by atoms with Crippen molar-refractivity contribution in [3.05, 3.63) is 54.6 Å². The molecule has 1 N–H and O–H groups in total. The van der Waals surface area contributed by atoms with Crippen LogP contribution in [0.15, 0.2) is 48.8 Å². The Bertz CT molecular complexity index is 1100. The third-order valence-corrected chi connectivity index (χ3v) is 7.53. The molecule has 0 saturated carbocycles. The van der Waals surface area contributed by atoms with E-state index in [4.69, 9.17) is 0 Å². The molecule has 158 valence electrons. The van der Waals surface area contributed by atoms with Gasteiger partial charge in [-0.3, -0.25) is 0 Å². The van der Waals surface area contributed by atoms with Gasteiger partial charge in [0.05, 0.1) is 10.9 Å². The van der Waals surface area contributed by atoms with Crippen LogP contribution >= 0.6 is 0 Å². The van der Waals surface area contributed by atoms with Gasteiger partial charge in [0.15, 0.2) is 0 Å². The molecule has 0 unspecified atom stereocenters. The number of piperazine rings is 1. The number of aromatic amines is 1. The topological polar surface area (TPSA) is 82.2 Å². The Morgan fingerprint density at radius 1 is 1.00 bits per heavy atom. The fourth-order valence-electron chi connectivity index (χ4n) is 3.42. The standard InChI is InChI=1S/C21H24FN5O2S/c1-15(2)30(28,29)27-11-9-26(10-12-27)20-8-5-17(13-23-20)21-24-14-19(25-21)16-3-6-18(22)7-4-16/h3-8,13-15H,9-12H2,1-2H3,(H,24,25). The molecule has 7 nitrogen and oxygen atoms in total. The summed E-state index contributed by atoms with van der Waals surface area (Å²) in [5.74, 6) is 1.21. The Hall–Kier alpha value is -2.78. The van der Waals surface area contributed by atoms with Crippen LogP contribution in [0.5, 0.6) is 0 Å². The monoisotopic (exact) mass is 429 g/mol. The maximum Gasteiger partial charge on any atom is 0.216 e. The van der Waals surface area contributed by atoms with Gasteiger partial charge in [0.2, 0.25) is 10.0 Å². The fraction of sp³-hybridized carbons (Fsp3) is 0.333. The van der Waals surface area contributed by atoms with Crippen LogP contribution in [0, 0.1) is 5.82 Å². The smallest absolute Gasteiger partial charge is 0.216 e. The van der Waals surface area contributed by atoms with Crippen molar-refractivity contribution in [2.24, 2.45) is 0 Å². The van der Waals surface area contributed by atoms with E-state index in [1.165, 1.54) is 12.1 Å². The second-order valence-electron chi connectivity index (χ2n) is 7.53. The maximum atomic E-state index is 13.1. The second kappa shape index (κ2) is 8.16. The number of hydrogen-bond donors (Lipinski definition) is 1. The molecule has 0 amide bonds. The van der Waals surface area contributed by atoms with Gasteiger partial charge in [0.1, 0.15) is 17.5 Å². The summed E-state index contributed by atoms with van der Waals surface area (Å²) in [5.41, 5.74) is 2.40. The van der Waals surface area contributed by atoms with Crippen LogP contribution in [0.1, 0.15) is 13.8 Å². The van der Waals surface area contributed by atoms with Crippen molar-refractivity contribution in [1.29, 1.82) is 0 Å². The van der Waals surface area contributed by atoms with Crippen molar-refractivity contribution in [3.8, 4) is 22.6 Å². The summed E-state index contributed by atoms with van der Waals surface area (Å²) >= 11 is 0. The lowest BCUT2D eigenvalue weighted by atomic mass is 10.2. The Labute approximate surface area is 175 Å². The summed E-state index contributed by atoms with van der Waals surface area (Å²) < 4.78 is 39.3. The average Bonchev–Trinajstić information content (AvgIpc) is 3.24. The zero-order chi connectivity index (χ0) is 21.3. The minimum Gasteiger partial charge on any atom is -0.354 e. The summed E-state index contributed by atoms with van der Waals surface area (Å²) in [4.78, 5) is 14.3. The number of imidazole rings is 1. The molecule has 1 saturated heterocycles. The van der Waals surface area contributed by atoms with Crippen molar-refractivity contribution in [2.75, 3.05) is 31.1 Å². The molecule has 3 aromatic rings. The third kappa shape index (κ3) is 4.08. The summed E-state index contributed by atoms with van der Waals surface area (Å²) in [7, 11) is -3.22. The number of aromatic nitrogens is 3. The van der Waals surface area contributed by atoms with Gasteiger partial charge in [0.25, 0.3) is 0 Å². The minimum atomic E-state index is -3.22. The number of pyridine rings is 1. The highest BCUT2D eigenvalue weighted by Gasteiger charge is 2.29. The quantitative estimate of drug-likeness (QED) is 0.674. The van der Waals surface area contributed by atoms with E-state index in [9.17, 15) is 12.8 Å². The Morgan fingerprint density at radius 2 is 1.67 bits per heavy atom. The van der Waals surface area contributed by atoms with Crippen LogP contribution in [0.2, 0.25) is 0 Å². The molecule has 1 aliphatic heterocycles. The van der Waals surface area contributed by atoms with Crippen molar-refractivity contribution >= 4 is 15.8 Å². The molecular formula is C21H24FN5O2S. The summed E-state index contributed by atoms with van der Waals surface area (Å²) in [6.07, 6.45) is 3.53. The van der Waals surface area contributed by atoms with Gasteiger partial charge in [-0.15, -0.1) is 0 Å². The number of sulfonamides is 1. The van der Waals surface area contributed by atoms with Crippen molar-refractivity contribution in [3.63, 3.8) is 0 Å². The first kappa shape index (κ1) is 20.5. The van der Waals surface area contributed by atoms with Crippen LogP contribution in [-0.4, -0.2) is 59.1 Å². The lowest BCUT2D eigenvalue weighted by molar-refractivity contribution is 0.380. The number of nitrogens with zero attached hydrogens (tertiary/aromatic N) is 4. The van der Waals surface area contributed by atoms with Gasteiger partial charge in [-0.1, -0.05) is 0 Å². The molecule has 1 aliphatic rings. The fourth-order valence-corrected chi connectivity index (χ4v) is 4.69. The molecule has 0 atom stereocenters. The number of halogens is 1. The third-order valence-electron chi connectivity index (χ3n) is 5.26. The second-order valence-corrected chi connectivity index (χ2v) is 10.0. The van der Waals surface area contributed by atoms with Crippen molar-refractivity contribution in [1.82, 2.24) is 19.3 Å². The molecule has 0 radical (unpaired) electrons. The van der Waals surface area contributed by atoms with Crippen LogP contribution in [-0.2, 0) is 10.0 Å². The highest BCUT2D eigenvalue weighted by Crippen LogP contribution is 2.24. The Balaban J connectivity index is 1.44. The number of benzene rings is 1. The van der Waals surface area contributed by atoms with E-state index in [0.29, 0.717) is 32.0 Å². The van der Waals surface area contributed by atoms with Gasteiger partial charge < -0.3 is 9.88 Å². The first-order chi connectivity index (χ1) is 14.3. The number of anilines is 1. The van der Waals surface area contributed by atoms with E-state index in [2.05, 4.69) is 19.9 Å². The molecular weight excluding hydrogens is 405 g/mol. The van der Waals surface area contributed by atoms with Gasteiger partial charge in [-0.05, 0) is 50.2 Å². The first-order valence-corrected chi connectivity index (χ1v) is 11.4. The predicted octanol–water partition coefficient (Wildman–Crippen LogP) is 3.14. The average molecular weight is 430 g/mol. The predicted molar refractivity (Wildman–Crippen MR) is 115 cm³/mol. The van der Waals surface area contributed by atoms with Gasteiger partial charge >= 0.3 is 0 Å². The molecule has 30 heavy (non-hydrogen) atoms. The molecule has 2 aromatic heterocycles. The lowest BCUT2D eigenvalue weighted by Gasteiger charge is -2.35. The summed E-state index contributed by atoms with van der Waals surface area (Å²) in [6, 6.07) is 10.1. The van der Waals surface area contributed by atoms with E-state index in [1.807, 2.05) is 12.1 Å². The van der Waals surface area contributed by atoms with E-state index in [1.54, 1.807) is 42.7 Å². The lowest BCUT2D eigenvalue weighted by Crippen LogP contribution is -2.50. The zero-order valence-electron chi connectivity index (χ0n) is 16.9. The Morgan fingerprint density at radius 3 is 2.27 bits per heavy atom. The molecule has 0 spiro atoms.